The minimum atomic E-state index is -3.67. The summed E-state index contributed by atoms with van der Waals surface area (Å²) in [7, 11) is -3.67. The Morgan fingerprint density at radius 3 is 2.89 bits per heavy atom. The Morgan fingerprint density at radius 1 is 1.18 bits per heavy atom. The lowest BCUT2D eigenvalue weighted by molar-refractivity contribution is 0.546. The Labute approximate surface area is 166 Å². The molecule has 1 fully saturated rings. The van der Waals surface area contributed by atoms with Crippen molar-refractivity contribution in [2.24, 2.45) is 0 Å². The maximum Gasteiger partial charge on any atom is 0.242 e. The van der Waals surface area contributed by atoms with E-state index in [1.165, 1.54) is 6.07 Å². The van der Waals surface area contributed by atoms with Gasteiger partial charge < -0.3 is 4.98 Å². The van der Waals surface area contributed by atoms with Gasteiger partial charge >= 0.3 is 0 Å². The molecule has 1 aromatic carbocycles. The topological polar surface area (TPSA) is 105 Å². The summed E-state index contributed by atoms with van der Waals surface area (Å²) in [6.07, 6.45) is 5.71. The number of halogens is 1. The second-order valence-corrected chi connectivity index (χ2v) is 9.07. The number of aromatic amines is 1. The monoisotopic (exact) mass is 416 g/mol. The van der Waals surface area contributed by atoms with Gasteiger partial charge in [-0.25, -0.2) is 18.1 Å². The second kappa shape index (κ2) is 6.54. The number of nitrogens with one attached hydrogen (secondary N) is 2. The molecule has 0 saturated heterocycles. The lowest BCUT2D eigenvalue weighted by atomic mass is 10.1. The Kier molecular flexibility index (Phi) is 4.11. The lowest BCUT2D eigenvalue weighted by Crippen LogP contribution is -2.33. The third-order valence-electron chi connectivity index (χ3n) is 5.21. The molecule has 0 unspecified atom stereocenters. The Hall–Kier alpha value is -2.49. The van der Waals surface area contributed by atoms with E-state index >= 15 is 0 Å². The minimum absolute atomic E-state index is 0.105. The largest absolute Gasteiger partial charge is 0.345 e. The molecule has 3 aromatic heterocycles. The fourth-order valence-electron chi connectivity index (χ4n) is 3.93. The number of fused-ring (bicyclic) bond motifs is 3. The first kappa shape index (κ1) is 17.6. The Balaban J connectivity index is 1.42. The van der Waals surface area contributed by atoms with E-state index < -0.39 is 10.0 Å². The van der Waals surface area contributed by atoms with Crippen LogP contribution in [0, 0.1) is 0 Å². The van der Waals surface area contributed by atoms with Gasteiger partial charge in [-0.2, -0.15) is 0 Å². The van der Waals surface area contributed by atoms with Crippen LogP contribution in [0.5, 0.6) is 0 Å². The number of sulfonamides is 1. The number of hydrogen-bond acceptors (Lipinski definition) is 5. The van der Waals surface area contributed by atoms with Crippen LogP contribution in [0.2, 0.25) is 5.02 Å². The molecule has 2 atom stereocenters. The fourth-order valence-corrected chi connectivity index (χ4v) is 5.73. The smallest absolute Gasteiger partial charge is 0.242 e. The van der Waals surface area contributed by atoms with E-state index in [0.717, 1.165) is 29.8 Å². The van der Waals surface area contributed by atoms with Gasteiger partial charge in [0.25, 0.3) is 0 Å². The van der Waals surface area contributed by atoms with E-state index in [9.17, 15) is 8.42 Å². The molecule has 28 heavy (non-hydrogen) atoms. The summed E-state index contributed by atoms with van der Waals surface area (Å²) in [5, 5.41) is 8.82. The van der Waals surface area contributed by atoms with Gasteiger partial charge in [0, 0.05) is 18.2 Å². The minimum Gasteiger partial charge on any atom is -0.345 e. The summed E-state index contributed by atoms with van der Waals surface area (Å²) in [5.74, 6) is 0.941. The third-order valence-corrected chi connectivity index (χ3v) is 7.23. The summed E-state index contributed by atoms with van der Waals surface area (Å²) >= 11 is 6.06. The van der Waals surface area contributed by atoms with Crippen LogP contribution in [-0.4, -0.2) is 39.0 Å². The molecule has 4 aromatic rings. The SMILES string of the molecule is O=S(=O)(N[C@H]1CC[C@@H](c2nnc3cnc4[nH]ccc4n23)C1)c1ccccc1Cl. The van der Waals surface area contributed by atoms with Gasteiger partial charge in [-0.15, -0.1) is 10.2 Å². The first-order chi connectivity index (χ1) is 13.5. The number of rotatable bonds is 4. The zero-order valence-electron chi connectivity index (χ0n) is 14.7. The van der Waals surface area contributed by atoms with E-state index in [1.54, 1.807) is 24.4 Å². The van der Waals surface area contributed by atoms with E-state index in [1.807, 2.05) is 16.7 Å². The van der Waals surface area contributed by atoms with Crippen molar-refractivity contribution in [3.05, 3.63) is 53.6 Å². The molecule has 3 heterocycles. The predicted octanol–water partition coefficient (Wildman–Crippen LogP) is 2.87. The van der Waals surface area contributed by atoms with Gasteiger partial charge in [-0.1, -0.05) is 23.7 Å². The summed E-state index contributed by atoms with van der Waals surface area (Å²) in [5.41, 5.74) is 2.36. The van der Waals surface area contributed by atoms with Crippen LogP contribution in [-0.2, 0) is 10.0 Å². The Morgan fingerprint density at radius 2 is 2.04 bits per heavy atom. The molecule has 2 N–H and O–H groups in total. The van der Waals surface area contributed by atoms with E-state index in [-0.39, 0.29) is 21.9 Å². The maximum atomic E-state index is 12.7. The number of benzene rings is 1. The molecule has 5 rings (SSSR count). The van der Waals surface area contributed by atoms with Gasteiger partial charge in [0.15, 0.2) is 11.3 Å². The summed E-state index contributed by atoms with van der Waals surface area (Å²) < 4.78 is 30.2. The second-order valence-electron chi connectivity index (χ2n) is 6.98. The molecule has 144 valence electrons. The summed E-state index contributed by atoms with van der Waals surface area (Å²) in [6.45, 7) is 0. The average molecular weight is 417 g/mol. The zero-order valence-corrected chi connectivity index (χ0v) is 16.3. The van der Waals surface area contributed by atoms with Crippen molar-refractivity contribution in [3.63, 3.8) is 0 Å². The van der Waals surface area contributed by atoms with Gasteiger partial charge in [-0.3, -0.25) is 4.40 Å². The standard InChI is InChI=1S/C18H17ClN6O2S/c19-13-3-1-2-4-15(13)28(26,27)24-12-6-5-11(9-12)18-23-22-16-10-21-17-14(25(16)18)7-8-20-17/h1-4,7-8,10-12,20,24H,5-6,9H2/t11-,12+/m1/s1. The molecule has 1 aliphatic carbocycles. The van der Waals surface area contributed by atoms with Crippen LogP contribution in [0.1, 0.15) is 31.0 Å². The maximum absolute atomic E-state index is 12.7. The molecule has 0 bridgehead atoms. The number of H-pyrrole nitrogens is 1. The molecule has 0 amide bonds. The van der Waals surface area contributed by atoms with E-state index in [0.29, 0.717) is 12.1 Å². The van der Waals surface area contributed by atoms with Crippen LogP contribution in [0.4, 0.5) is 0 Å². The van der Waals surface area contributed by atoms with Crippen molar-refractivity contribution in [2.75, 3.05) is 0 Å². The first-order valence-corrected chi connectivity index (χ1v) is 10.8. The van der Waals surface area contributed by atoms with Crippen molar-refractivity contribution in [2.45, 2.75) is 36.1 Å². The van der Waals surface area contributed by atoms with Gasteiger partial charge in [0.2, 0.25) is 10.0 Å². The highest BCUT2D eigenvalue weighted by Gasteiger charge is 2.33. The molecule has 0 spiro atoms. The first-order valence-electron chi connectivity index (χ1n) is 8.97. The number of nitrogens with zero attached hydrogens (tertiary/aromatic N) is 4. The molecule has 0 aliphatic heterocycles. The van der Waals surface area contributed by atoms with Crippen molar-refractivity contribution < 1.29 is 8.42 Å². The molecule has 0 radical (unpaired) electrons. The predicted molar refractivity (Wildman–Crippen MR) is 105 cm³/mol. The number of aromatic nitrogens is 5. The van der Waals surface area contributed by atoms with Crippen LogP contribution >= 0.6 is 11.6 Å². The Bertz CT molecular complexity index is 1280. The number of hydrogen-bond donors (Lipinski definition) is 2. The quantitative estimate of drug-likeness (QED) is 0.532. The highest BCUT2D eigenvalue weighted by Crippen LogP contribution is 2.35. The lowest BCUT2D eigenvalue weighted by Gasteiger charge is -2.14. The molecule has 10 heteroatoms. The normalized spacial score (nSPS) is 20.3. The van der Waals surface area contributed by atoms with E-state index in [4.69, 9.17) is 11.6 Å². The highest BCUT2D eigenvalue weighted by molar-refractivity contribution is 7.89. The molecule has 8 nitrogen and oxygen atoms in total. The van der Waals surface area contributed by atoms with Crippen molar-refractivity contribution >= 4 is 38.4 Å². The molecule has 1 aliphatic rings. The molecular weight excluding hydrogens is 400 g/mol. The van der Waals surface area contributed by atoms with Crippen molar-refractivity contribution in [1.29, 1.82) is 0 Å². The van der Waals surface area contributed by atoms with Gasteiger partial charge in [0.05, 0.1) is 16.7 Å². The van der Waals surface area contributed by atoms with E-state index in [2.05, 4.69) is 24.9 Å². The van der Waals surface area contributed by atoms with Gasteiger partial charge in [0.1, 0.15) is 10.7 Å². The van der Waals surface area contributed by atoms with Crippen LogP contribution in [0.25, 0.3) is 16.8 Å². The summed E-state index contributed by atoms with van der Waals surface area (Å²) in [6, 6.07) is 8.22. The summed E-state index contributed by atoms with van der Waals surface area (Å²) in [4.78, 5) is 7.53. The molecular formula is C18H17ClN6O2S. The van der Waals surface area contributed by atoms with Crippen molar-refractivity contribution in [1.82, 2.24) is 29.3 Å². The molecule has 1 saturated carbocycles. The van der Waals surface area contributed by atoms with Crippen LogP contribution in [0.15, 0.2) is 47.6 Å². The average Bonchev–Trinajstić information content (AvgIpc) is 3.39. The van der Waals surface area contributed by atoms with Crippen LogP contribution < -0.4 is 4.72 Å². The zero-order chi connectivity index (χ0) is 19.3. The van der Waals surface area contributed by atoms with Gasteiger partial charge in [-0.05, 0) is 37.5 Å². The highest BCUT2D eigenvalue weighted by atomic mass is 35.5. The fraction of sp³-hybridized carbons (Fsp3) is 0.278. The third kappa shape index (κ3) is 2.86. The van der Waals surface area contributed by atoms with Crippen molar-refractivity contribution in [3.8, 4) is 0 Å². The van der Waals surface area contributed by atoms with Crippen LogP contribution in [0.3, 0.4) is 0 Å².